The third kappa shape index (κ3) is 3.32. The maximum absolute atomic E-state index is 12.0. The molecule has 20 heavy (non-hydrogen) atoms. The van der Waals surface area contributed by atoms with E-state index >= 15 is 0 Å². The molecule has 2 rings (SSSR count). The number of carbonyl (C=O) groups is 1. The molecule has 0 aliphatic carbocycles. The summed E-state index contributed by atoms with van der Waals surface area (Å²) in [4.78, 5) is 13.7. The zero-order valence-corrected chi connectivity index (χ0v) is 13.1. The molecule has 0 bridgehead atoms. The van der Waals surface area contributed by atoms with E-state index in [1.807, 2.05) is 11.5 Å². The number of carbonyl (C=O) groups excluding carboxylic acids is 1. The van der Waals surface area contributed by atoms with Crippen LogP contribution in [0.4, 0.5) is 0 Å². The molecule has 0 radical (unpaired) electrons. The number of nitrogens with zero attached hydrogens (tertiary/aromatic N) is 4. The molecule has 1 saturated heterocycles. The first-order valence-corrected chi connectivity index (χ1v) is 7.96. The zero-order chi connectivity index (χ0) is 14.8. The summed E-state index contributed by atoms with van der Waals surface area (Å²) in [6.45, 7) is 7.05. The van der Waals surface area contributed by atoms with Gasteiger partial charge in [0.2, 0.25) is 5.91 Å². The predicted octanol–water partition coefficient (Wildman–Crippen LogP) is 1.32. The summed E-state index contributed by atoms with van der Waals surface area (Å²) in [7, 11) is 0. The second-order valence-electron chi connectivity index (χ2n) is 5.63. The van der Waals surface area contributed by atoms with Crippen LogP contribution in [0.15, 0.2) is 11.5 Å². The molecular weight excluding hydrogens is 276 g/mol. The first-order chi connectivity index (χ1) is 9.45. The SMILES string of the molecule is CCCC1(O)CN(C(=O)CSc2nncn2C(C)C)C1. The van der Waals surface area contributed by atoms with E-state index in [1.54, 1.807) is 11.2 Å². The average molecular weight is 298 g/mol. The van der Waals surface area contributed by atoms with Gasteiger partial charge in [-0.15, -0.1) is 10.2 Å². The van der Waals surface area contributed by atoms with Crippen molar-refractivity contribution in [2.45, 2.75) is 50.4 Å². The molecule has 1 aliphatic heterocycles. The molecule has 1 N–H and O–H groups in total. The molecule has 112 valence electrons. The minimum Gasteiger partial charge on any atom is -0.386 e. The van der Waals surface area contributed by atoms with Gasteiger partial charge in [0.15, 0.2) is 5.16 Å². The van der Waals surface area contributed by atoms with Crippen LogP contribution in [0.1, 0.15) is 39.7 Å². The zero-order valence-electron chi connectivity index (χ0n) is 12.2. The van der Waals surface area contributed by atoms with E-state index in [4.69, 9.17) is 0 Å². The summed E-state index contributed by atoms with van der Waals surface area (Å²) in [6.07, 6.45) is 3.37. The molecule has 1 aliphatic rings. The number of hydrogen-bond acceptors (Lipinski definition) is 5. The monoisotopic (exact) mass is 298 g/mol. The van der Waals surface area contributed by atoms with Gasteiger partial charge in [-0.2, -0.15) is 0 Å². The van der Waals surface area contributed by atoms with Crippen LogP contribution in [-0.4, -0.2) is 55.1 Å². The first-order valence-electron chi connectivity index (χ1n) is 6.97. The molecule has 2 heterocycles. The highest BCUT2D eigenvalue weighted by Crippen LogP contribution is 2.27. The van der Waals surface area contributed by atoms with Crippen LogP contribution in [0.3, 0.4) is 0 Å². The van der Waals surface area contributed by atoms with Crippen molar-refractivity contribution in [1.82, 2.24) is 19.7 Å². The summed E-state index contributed by atoms with van der Waals surface area (Å²) in [6, 6.07) is 0.279. The number of hydrogen-bond donors (Lipinski definition) is 1. The Balaban J connectivity index is 1.81. The molecule has 0 saturated carbocycles. The number of aromatic nitrogens is 3. The summed E-state index contributed by atoms with van der Waals surface area (Å²) in [5, 5.41) is 18.7. The van der Waals surface area contributed by atoms with Gasteiger partial charge in [-0.3, -0.25) is 4.79 Å². The lowest BCUT2D eigenvalue weighted by Gasteiger charge is -2.46. The fraction of sp³-hybridized carbons (Fsp3) is 0.769. The number of rotatable bonds is 6. The van der Waals surface area contributed by atoms with Gasteiger partial charge in [0, 0.05) is 6.04 Å². The van der Waals surface area contributed by atoms with Crippen molar-refractivity contribution in [3.63, 3.8) is 0 Å². The largest absolute Gasteiger partial charge is 0.386 e. The topological polar surface area (TPSA) is 71.2 Å². The maximum Gasteiger partial charge on any atom is 0.233 e. The van der Waals surface area contributed by atoms with Crippen molar-refractivity contribution in [2.75, 3.05) is 18.8 Å². The molecule has 1 aromatic rings. The lowest BCUT2D eigenvalue weighted by Crippen LogP contribution is -2.63. The van der Waals surface area contributed by atoms with E-state index in [-0.39, 0.29) is 11.9 Å². The predicted molar refractivity (Wildman–Crippen MR) is 77.6 cm³/mol. The quantitative estimate of drug-likeness (QED) is 0.802. The number of likely N-dealkylation sites (tertiary alicyclic amines) is 1. The number of thioether (sulfide) groups is 1. The first kappa shape index (κ1) is 15.3. The lowest BCUT2D eigenvalue weighted by atomic mass is 9.89. The smallest absolute Gasteiger partial charge is 0.233 e. The number of aliphatic hydroxyl groups is 1. The summed E-state index contributed by atoms with van der Waals surface area (Å²) < 4.78 is 1.95. The van der Waals surface area contributed by atoms with Gasteiger partial charge >= 0.3 is 0 Å². The Hall–Kier alpha value is -1.08. The third-order valence-corrected chi connectivity index (χ3v) is 4.40. The average Bonchev–Trinajstić information content (AvgIpc) is 2.81. The Morgan fingerprint density at radius 1 is 1.55 bits per heavy atom. The number of β-amino-alcohol motifs (C(OH)–C–C–N with tert-alkyl or cyclic N) is 1. The maximum atomic E-state index is 12.0. The van der Waals surface area contributed by atoms with Gasteiger partial charge < -0.3 is 14.6 Å². The highest BCUT2D eigenvalue weighted by atomic mass is 32.2. The van der Waals surface area contributed by atoms with Gasteiger partial charge in [-0.25, -0.2) is 0 Å². The van der Waals surface area contributed by atoms with Crippen molar-refractivity contribution < 1.29 is 9.90 Å². The van der Waals surface area contributed by atoms with Crippen LogP contribution in [0.2, 0.25) is 0 Å². The third-order valence-electron chi connectivity index (χ3n) is 3.46. The van der Waals surface area contributed by atoms with E-state index in [0.717, 1.165) is 18.0 Å². The van der Waals surface area contributed by atoms with Crippen LogP contribution in [0.25, 0.3) is 0 Å². The van der Waals surface area contributed by atoms with E-state index in [9.17, 15) is 9.90 Å². The highest BCUT2D eigenvalue weighted by Gasteiger charge is 2.42. The van der Waals surface area contributed by atoms with Gasteiger partial charge in [0.25, 0.3) is 0 Å². The van der Waals surface area contributed by atoms with Crippen LogP contribution < -0.4 is 0 Å². The Kier molecular flexibility index (Phi) is 4.70. The Morgan fingerprint density at radius 3 is 2.85 bits per heavy atom. The molecule has 7 heteroatoms. The Morgan fingerprint density at radius 2 is 2.25 bits per heavy atom. The molecule has 0 unspecified atom stereocenters. The van der Waals surface area contributed by atoms with Crippen molar-refractivity contribution in [1.29, 1.82) is 0 Å². The standard InChI is InChI=1S/C13H22N4O2S/c1-4-5-13(19)7-16(8-13)11(18)6-20-12-15-14-9-17(12)10(2)3/h9-10,19H,4-8H2,1-3H3. The number of amides is 1. The van der Waals surface area contributed by atoms with E-state index in [0.29, 0.717) is 18.8 Å². The van der Waals surface area contributed by atoms with Crippen LogP contribution >= 0.6 is 11.8 Å². The van der Waals surface area contributed by atoms with E-state index in [2.05, 4.69) is 24.0 Å². The highest BCUT2D eigenvalue weighted by molar-refractivity contribution is 7.99. The molecule has 0 atom stereocenters. The van der Waals surface area contributed by atoms with Crippen molar-refractivity contribution >= 4 is 17.7 Å². The molecule has 0 spiro atoms. The molecule has 1 aromatic heterocycles. The van der Waals surface area contributed by atoms with Gasteiger partial charge in [-0.05, 0) is 20.3 Å². The second-order valence-corrected chi connectivity index (χ2v) is 6.57. The van der Waals surface area contributed by atoms with Crippen molar-refractivity contribution in [3.05, 3.63) is 6.33 Å². The minimum absolute atomic E-state index is 0.0501. The second kappa shape index (κ2) is 6.13. The van der Waals surface area contributed by atoms with E-state index < -0.39 is 5.60 Å². The molecule has 0 aromatic carbocycles. The lowest BCUT2D eigenvalue weighted by molar-refractivity contribution is -0.153. The van der Waals surface area contributed by atoms with Gasteiger partial charge in [0.1, 0.15) is 6.33 Å². The van der Waals surface area contributed by atoms with Gasteiger partial charge in [-0.1, -0.05) is 25.1 Å². The molecule has 1 fully saturated rings. The van der Waals surface area contributed by atoms with Crippen molar-refractivity contribution in [2.24, 2.45) is 0 Å². The Bertz CT molecular complexity index is 469. The van der Waals surface area contributed by atoms with Crippen LogP contribution in [0.5, 0.6) is 0 Å². The molecular formula is C13H22N4O2S. The minimum atomic E-state index is -0.660. The summed E-state index contributed by atoms with van der Waals surface area (Å²) in [5.74, 6) is 0.391. The summed E-state index contributed by atoms with van der Waals surface area (Å²) >= 11 is 1.40. The normalized spacial score (nSPS) is 17.4. The molecule has 6 nitrogen and oxygen atoms in total. The Labute approximate surface area is 123 Å². The van der Waals surface area contributed by atoms with Crippen LogP contribution in [0, 0.1) is 0 Å². The van der Waals surface area contributed by atoms with Crippen molar-refractivity contribution in [3.8, 4) is 0 Å². The van der Waals surface area contributed by atoms with E-state index in [1.165, 1.54) is 11.8 Å². The fourth-order valence-corrected chi connectivity index (χ4v) is 3.32. The fourth-order valence-electron chi connectivity index (χ4n) is 2.37. The van der Waals surface area contributed by atoms with Gasteiger partial charge in [0.05, 0.1) is 24.4 Å². The van der Waals surface area contributed by atoms with Crippen LogP contribution in [-0.2, 0) is 4.79 Å². The summed E-state index contributed by atoms with van der Waals surface area (Å²) in [5.41, 5.74) is -0.660. The molecule has 1 amide bonds.